The summed E-state index contributed by atoms with van der Waals surface area (Å²) < 4.78 is 76.3. The van der Waals surface area contributed by atoms with Crippen molar-refractivity contribution in [3.63, 3.8) is 0 Å². The van der Waals surface area contributed by atoms with Crippen molar-refractivity contribution in [3.8, 4) is 44.1 Å². The number of hydrogen-bond acceptors (Lipinski definition) is 10. The Bertz CT molecular complexity index is 2660. The number of ether oxygens (including phenoxy) is 4. The first-order valence-electron chi connectivity index (χ1n) is 20.6. The first kappa shape index (κ1) is 50.0. The molecule has 0 aliphatic carbocycles. The number of aromatic nitrogens is 2. The standard InChI is InChI=1S/C25H29NO4S.C24H23F4NO4S/c1-7-18-8-10-19(11-9-18)23-26-16(3)22(31-23)17(4)29-20-12-13-21(15(2)14-20)30-25(5,6)24(27)28;1-12-10-16(7-9-19(12)33-23(4,5)22(30)31)32-14(3)20-13(2)29-21(34-20)17-8-6-15(11-18(17)25)24(26,27)28/h8-14,17H,7H2,1-6H3,(H,27,28);6-11,14H,1-5H3,(H,30,31). The van der Waals surface area contributed by atoms with E-state index in [4.69, 9.17) is 23.9 Å². The van der Waals surface area contributed by atoms with Gasteiger partial charge in [0.25, 0.3) is 0 Å². The van der Waals surface area contributed by atoms with Crippen LogP contribution in [-0.2, 0) is 22.2 Å². The van der Waals surface area contributed by atoms with Gasteiger partial charge in [0.05, 0.1) is 26.7 Å². The Morgan fingerprint density at radius 3 is 1.51 bits per heavy atom. The minimum absolute atomic E-state index is 0.0158. The molecule has 0 saturated heterocycles. The average molecular weight is 937 g/mol. The van der Waals surface area contributed by atoms with E-state index in [1.807, 2.05) is 26.8 Å². The van der Waals surface area contributed by atoms with Gasteiger partial charge in [-0.05, 0) is 147 Å². The Morgan fingerprint density at radius 2 is 1.11 bits per heavy atom. The summed E-state index contributed by atoms with van der Waals surface area (Å²) in [5.41, 5.74) is 1.68. The minimum atomic E-state index is -4.63. The highest BCUT2D eigenvalue weighted by Crippen LogP contribution is 2.39. The van der Waals surface area contributed by atoms with E-state index in [1.54, 1.807) is 62.4 Å². The average Bonchev–Trinajstić information content (AvgIpc) is 3.82. The molecule has 0 amide bonds. The first-order chi connectivity index (χ1) is 30.3. The Labute approximate surface area is 383 Å². The predicted molar refractivity (Wildman–Crippen MR) is 244 cm³/mol. The monoisotopic (exact) mass is 936 g/mol. The fourth-order valence-electron chi connectivity index (χ4n) is 6.33. The molecule has 16 heteroatoms. The second kappa shape index (κ2) is 20.0. The van der Waals surface area contributed by atoms with Gasteiger partial charge in [-0.25, -0.2) is 23.9 Å². The maximum absolute atomic E-state index is 14.4. The van der Waals surface area contributed by atoms with E-state index >= 15 is 0 Å². The van der Waals surface area contributed by atoms with Crippen LogP contribution in [0.1, 0.15) is 104 Å². The summed E-state index contributed by atoms with van der Waals surface area (Å²) in [7, 11) is 0. The number of alkyl halides is 3. The van der Waals surface area contributed by atoms with Gasteiger partial charge < -0.3 is 29.2 Å². The van der Waals surface area contributed by atoms with Crippen LogP contribution in [0.3, 0.4) is 0 Å². The number of rotatable bonds is 15. The van der Waals surface area contributed by atoms with Crippen molar-refractivity contribution >= 4 is 34.6 Å². The van der Waals surface area contributed by atoms with Crippen molar-refractivity contribution in [1.29, 1.82) is 0 Å². The van der Waals surface area contributed by atoms with Gasteiger partial charge >= 0.3 is 18.1 Å². The molecule has 2 N–H and O–H groups in total. The highest BCUT2D eigenvalue weighted by Gasteiger charge is 2.33. The topological polar surface area (TPSA) is 137 Å². The van der Waals surface area contributed by atoms with Crippen molar-refractivity contribution < 1.29 is 56.3 Å². The lowest BCUT2D eigenvalue weighted by Crippen LogP contribution is -2.38. The number of nitrogens with zero attached hydrogens (tertiary/aromatic N) is 2. The maximum Gasteiger partial charge on any atom is 0.416 e. The van der Waals surface area contributed by atoms with Crippen LogP contribution in [0.25, 0.3) is 21.1 Å². The Hall–Kier alpha value is -6.00. The third-order valence-corrected chi connectivity index (χ3v) is 12.9. The second-order valence-corrected chi connectivity index (χ2v) is 18.5. The number of benzene rings is 4. The number of carboxylic acids is 2. The van der Waals surface area contributed by atoms with Crippen LogP contribution in [0.4, 0.5) is 17.6 Å². The number of hydrogen-bond donors (Lipinski definition) is 2. The van der Waals surface area contributed by atoms with Crippen LogP contribution in [0, 0.1) is 33.5 Å². The fraction of sp³-hybridized carbons (Fsp3) is 0.347. The lowest BCUT2D eigenvalue weighted by molar-refractivity contribution is -0.152. The molecular weight excluding hydrogens is 885 g/mol. The lowest BCUT2D eigenvalue weighted by atomic mass is 10.1. The zero-order valence-corrected chi connectivity index (χ0v) is 39.6. The van der Waals surface area contributed by atoms with Gasteiger partial charge in [-0.2, -0.15) is 13.2 Å². The summed E-state index contributed by atoms with van der Waals surface area (Å²) in [6, 6.07) is 21.3. The molecule has 0 radical (unpaired) electrons. The van der Waals surface area contributed by atoms with Crippen LogP contribution in [-0.4, -0.2) is 43.3 Å². The fourth-order valence-corrected chi connectivity index (χ4v) is 8.46. The molecule has 346 valence electrons. The Morgan fingerprint density at radius 1 is 0.662 bits per heavy atom. The van der Waals surface area contributed by atoms with E-state index in [-0.39, 0.29) is 16.7 Å². The van der Waals surface area contributed by atoms with Crippen molar-refractivity contribution in [2.45, 2.75) is 112 Å². The summed E-state index contributed by atoms with van der Waals surface area (Å²) in [6.45, 7) is 19.2. The molecule has 2 unspecified atom stereocenters. The van der Waals surface area contributed by atoms with Crippen LogP contribution in [0.5, 0.6) is 23.0 Å². The van der Waals surface area contributed by atoms with Crippen LogP contribution in [0.15, 0.2) is 78.9 Å². The largest absolute Gasteiger partial charge is 0.485 e. The van der Waals surface area contributed by atoms with Gasteiger partial charge in [-0.1, -0.05) is 31.2 Å². The summed E-state index contributed by atoms with van der Waals surface area (Å²) >= 11 is 2.78. The molecule has 2 heterocycles. The van der Waals surface area contributed by atoms with Crippen molar-refractivity contribution in [2.75, 3.05) is 0 Å². The molecule has 0 fully saturated rings. The molecule has 0 bridgehead atoms. The van der Waals surface area contributed by atoms with E-state index < -0.39 is 46.8 Å². The number of aliphatic carboxylic acids is 2. The minimum Gasteiger partial charge on any atom is -0.485 e. The van der Waals surface area contributed by atoms with E-state index in [1.165, 1.54) is 33.3 Å². The van der Waals surface area contributed by atoms with Crippen LogP contribution < -0.4 is 18.9 Å². The molecule has 0 spiro atoms. The van der Waals surface area contributed by atoms with Crippen LogP contribution >= 0.6 is 22.7 Å². The molecule has 0 aliphatic rings. The number of carbonyl (C=O) groups is 2. The van der Waals surface area contributed by atoms with E-state index in [0.29, 0.717) is 45.2 Å². The van der Waals surface area contributed by atoms with Gasteiger partial charge in [0.15, 0.2) is 11.2 Å². The number of aryl methyl sites for hydroxylation is 5. The van der Waals surface area contributed by atoms with E-state index in [0.717, 1.165) is 56.6 Å². The first-order valence-corrected chi connectivity index (χ1v) is 22.2. The number of carboxylic acid groups (broad SMARTS) is 2. The number of thiazole rings is 2. The van der Waals surface area contributed by atoms with Crippen LogP contribution in [0.2, 0.25) is 0 Å². The summed E-state index contributed by atoms with van der Waals surface area (Å²) in [6.07, 6.45) is -4.26. The Balaban J connectivity index is 0.000000245. The predicted octanol–water partition coefficient (Wildman–Crippen LogP) is 13.3. The maximum atomic E-state index is 14.4. The van der Waals surface area contributed by atoms with Crippen molar-refractivity contribution in [3.05, 3.63) is 128 Å². The third-order valence-electron chi connectivity index (χ3n) is 10.2. The summed E-state index contributed by atoms with van der Waals surface area (Å²) in [5, 5.41) is 19.8. The molecule has 0 saturated carbocycles. The molecule has 65 heavy (non-hydrogen) atoms. The quantitative estimate of drug-likeness (QED) is 0.0957. The summed E-state index contributed by atoms with van der Waals surface area (Å²) in [4.78, 5) is 33.5. The molecule has 2 aromatic heterocycles. The highest BCUT2D eigenvalue weighted by atomic mass is 32.1. The molecule has 6 rings (SSSR count). The van der Waals surface area contributed by atoms with Gasteiger partial charge in [0.1, 0.15) is 51.0 Å². The van der Waals surface area contributed by atoms with Crippen molar-refractivity contribution in [2.24, 2.45) is 0 Å². The van der Waals surface area contributed by atoms with Gasteiger partial charge in [0.2, 0.25) is 0 Å². The van der Waals surface area contributed by atoms with E-state index in [2.05, 4.69) is 36.2 Å². The SMILES string of the molecule is CCc1ccc(-c2nc(C)c(C(C)Oc3ccc(OC(C)(C)C(=O)O)c(C)c3)s2)cc1.Cc1cc(OC(C)c2sc(-c3ccc(C(F)(F)F)cc3F)nc2C)ccc1OC(C)(C)C(=O)O. The Kier molecular flexibility index (Phi) is 15.4. The molecule has 10 nitrogen and oxygen atoms in total. The molecule has 2 atom stereocenters. The smallest absolute Gasteiger partial charge is 0.416 e. The summed E-state index contributed by atoms with van der Waals surface area (Å²) in [5.74, 6) is -0.976. The van der Waals surface area contributed by atoms with Gasteiger partial charge in [0, 0.05) is 11.1 Å². The molecule has 0 aliphatic heterocycles. The zero-order valence-electron chi connectivity index (χ0n) is 37.9. The number of halogens is 4. The zero-order chi connectivity index (χ0) is 48.2. The highest BCUT2D eigenvalue weighted by molar-refractivity contribution is 7.15. The van der Waals surface area contributed by atoms with Gasteiger partial charge in [-0.15, -0.1) is 22.7 Å². The molecular formula is C49H52F4N2O8S2. The third kappa shape index (κ3) is 12.4. The molecule has 4 aromatic carbocycles. The normalized spacial score (nSPS) is 12.7. The van der Waals surface area contributed by atoms with Crippen molar-refractivity contribution in [1.82, 2.24) is 9.97 Å². The second-order valence-electron chi connectivity index (χ2n) is 16.4. The lowest BCUT2D eigenvalue weighted by Gasteiger charge is -2.23. The molecule has 6 aromatic rings. The van der Waals surface area contributed by atoms with E-state index in [9.17, 15) is 37.4 Å². The van der Waals surface area contributed by atoms with Gasteiger partial charge in [-0.3, -0.25) is 0 Å².